The van der Waals surface area contributed by atoms with Crippen LogP contribution in [-0.4, -0.2) is 40.6 Å². The average Bonchev–Trinajstić information content (AvgIpc) is 3.55. The molecule has 0 unspecified atom stereocenters. The number of rotatable bonds is 8. The third kappa shape index (κ3) is 4.10. The van der Waals surface area contributed by atoms with E-state index in [2.05, 4.69) is 68.4 Å². The maximum atomic E-state index is 5.83. The van der Waals surface area contributed by atoms with Crippen LogP contribution in [0.25, 0.3) is 20.9 Å². The number of pyridine rings is 1. The Kier molecular flexibility index (Phi) is 5.75. The Balaban J connectivity index is 1.30. The first-order valence-corrected chi connectivity index (χ1v) is 13.8. The maximum Gasteiger partial charge on any atom is 0.144 e. The summed E-state index contributed by atoms with van der Waals surface area (Å²) in [6.07, 6.45) is 4.80. The summed E-state index contributed by atoms with van der Waals surface area (Å²) in [7, 11) is 0. The van der Waals surface area contributed by atoms with Gasteiger partial charge in [-0.1, -0.05) is 41.7 Å². The molecule has 4 aromatic rings. The highest BCUT2D eigenvalue weighted by Crippen LogP contribution is 2.53. The molecule has 2 N–H and O–H groups in total. The molecule has 1 saturated carbocycles. The number of nitrogens with zero attached hydrogens (tertiary/aromatic N) is 3. The van der Waals surface area contributed by atoms with Gasteiger partial charge in [0.15, 0.2) is 0 Å². The minimum atomic E-state index is 0.0913. The van der Waals surface area contributed by atoms with Gasteiger partial charge in [0.1, 0.15) is 21.9 Å². The first kappa shape index (κ1) is 22.8. The Morgan fingerprint density at radius 1 is 0.971 bits per heavy atom. The van der Waals surface area contributed by atoms with E-state index in [1.807, 2.05) is 0 Å². The Morgan fingerprint density at radius 3 is 2.34 bits per heavy atom. The second-order valence-corrected chi connectivity index (χ2v) is 11.7. The first-order chi connectivity index (χ1) is 17.0. The topological polar surface area (TPSA) is 51.8 Å². The third-order valence-corrected chi connectivity index (χ3v) is 9.37. The van der Waals surface area contributed by atoms with E-state index in [1.54, 1.807) is 11.3 Å². The molecule has 3 heterocycles. The Hall–Kier alpha value is -2.60. The Labute approximate surface area is 212 Å². The fourth-order valence-electron chi connectivity index (χ4n) is 5.98. The minimum Gasteiger partial charge on any atom is -0.330 e. The summed E-state index contributed by atoms with van der Waals surface area (Å²) >= 11 is 1.73. The molecule has 2 aromatic carbocycles. The molecule has 0 amide bonds. The summed E-state index contributed by atoms with van der Waals surface area (Å²) < 4.78 is 1.20. The van der Waals surface area contributed by atoms with Crippen molar-refractivity contribution >= 4 is 21.7 Å². The standard InChI is InChI=1S/C30H35N4S/c1-21-18-23(19-22(2)25(21)20-34(15-6-14-31)16-7-17-34)28-32-26-10-11-27(33-29(26)35-28)30(12-13-30)24-8-4-3-5-9-24/h3-5,8-11,18-19H,6-7,12-17,20,31H2,1-2H3/q+1. The average molecular weight is 484 g/mol. The molecular weight excluding hydrogens is 448 g/mol. The number of benzene rings is 2. The van der Waals surface area contributed by atoms with Gasteiger partial charge in [-0.2, -0.15) is 0 Å². The van der Waals surface area contributed by atoms with E-state index in [9.17, 15) is 0 Å². The monoisotopic (exact) mass is 483 g/mol. The molecular formula is C30H35N4S+. The lowest BCUT2D eigenvalue weighted by molar-refractivity contribution is -0.976. The van der Waals surface area contributed by atoms with Crippen molar-refractivity contribution in [1.29, 1.82) is 0 Å². The van der Waals surface area contributed by atoms with Crippen LogP contribution in [-0.2, 0) is 12.0 Å². The van der Waals surface area contributed by atoms with Crippen LogP contribution < -0.4 is 5.73 Å². The Morgan fingerprint density at radius 2 is 1.71 bits per heavy atom. The van der Waals surface area contributed by atoms with Gasteiger partial charge in [-0.05, 0) is 74.2 Å². The van der Waals surface area contributed by atoms with Crippen LogP contribution in [0.1, 0.15) is 53.6 Å². The smallest absolute Gasteiger partial charge is 0.144 e. The van der Waals surface area contributed by atoms with Gasteiger partial charge < -0.3 is 10.2 Å². The second kappa shape index (κ2) is 8.81. The molecule has 2 aliphatic rings. The predicted molar refractivity (Wildman–Crippen MR) is 146 cm³/mol. The number of hydrogen-bond acceptors (Lipinski definition) is 4. The van der Waals surface area contributed by atoms with Gasteiger partial charge in [-0.25, -0.2) is 9.97 Å². The summed E-state index contributed by atoms with van der Waals surface area (Å²) in [5, 5.41) is 1.07. The molecule has 1 aliphatic carbocycles. The highest BCUT2D eigenvalue weighted by molar-refractivity contribution is 7.21. The molecule has 0 atom stereocenters. The van der Waals surface area contributed by atoms with Crippen LogP contribution in [0.15, 0.2) is 54.6 Å². The lowest BCUT2D eigenvalue weighted by Crippen LogP contribution is -2.57. The van der Waals surface area contributed by atoms with Crippen molar-refractivity contribution in [3.8, 4) is 10.6 Å². The van der Waals surface area contributed by atoms with Gasteiger partial charge in [-0.3, -0.25) is 0 Å². The molecule has 5 heteroatoms. The fraction of sp³-hybridized carbons (Fsp3) is 0.400. The van der Waals surface area contributed by atoms with Crippen LogP contribution in [0.3, 0.4) is 0 Å². The molecule has 180 valence electrons. The first-order valence-electron chi connectivity index (χ1n) is 13.0. The van der Waals surface area contributed by atoms with E-state index in [1.165, 1.54) is 76.9 Å². The summed E-state index contributed by atoms with van der Waals surface area (Å²) in [4.78, 5) is 11.2. The fourth-order valence-corrected chi connectivity index (χ4v) is 6.90. The van der Waals surface area contributed by atoms with Gasteiger partial charge in [0.25, 0.3) is 0 Å². The van der Waals surface area contributed by atoms with E-state index >= 15 is 0 Å². The summed E-state index contributed by atoms with van der Waals surface area (Å²) in [6, 6.07) is 19.9. The number of likely N-dealkylation sites (tertiary alicyclic amines) is 1. The predicted octanol–water partition coefficient (Wildman–Crippen LogP) is 6.12. The van der Waals surface area contributed by atoms with Crippen molar-refractivity contribution in [3.05, 3.63) is 82.5 Å². The summed E-state index contributed by atoms with van der Waals surface area (Å²) in [5.41, 5.74) is 15.0. The van der Waals surface area contributed by atoms with E-state index in [0.29, 0.717) is 0 Å². The number of thiazole rings is 1. The van der Waals surface area contributed by atoms with Crippen molar-refractivity contribution in [2.45, 2.75) is 51.5 Å². The molecule has 1 aliphatic heterocycles. The highest BCUT2D eigenvalue weighted by atomic mass is 32.1. The zero-order valence-electron chi connectivity index (χ0n) is 20.9. The molecule has 1 saturated heterocycles. The molecule has 2 fully saturated rings. The lowest BCUT2D eigenvalue weighted by Gasteiger charge is -2.46. The van der Waals surface area contributed by atoms with Crippen LogP contribution >= 0.6 is 11.3 Å². The number of fused-ring (bicyclic) bond motifs is 1. The normalized spacial score (nSPS) is 17.9. The number of aromatic nitrogens is 2. The summed E-state index contributed by atoms with van der Waals surface area (Å²) in [5.74, 6) is 0. The minimum absolute atomic E-state index is 0.0913. The molecule has 0 bridgehead atoms. The van der Waals surface area contributed by atoms with Gasteiger partial charge in [0.2, 0.25) is 0 Å². The summed E-state index contributed by atoms with van der Waals surface area (Å²) in [6.45, 7) is 10.2. The largest absolute Gasteiger partial charge is 0.330 e. The number of nitrogens with two attached hydrogens (primary N) is 1. The molecule has 2 aromatic heterocycles. The zero-order valence-corrected chi connectivity index (χ0v) is 21.7. The SMILES string of the molecule is Cc1cc(-c2nc3ccc(C4(c5ccccc5)CC4)nc3s2)cc(C)c1C[N+]1(CCCN)CCC1. The van der Waals surface area contributed by atoms with Crippen molar-refractivity contribution in [2.75, 3.05) is 26.2 Å². The van der Waals surface area contributed by atoms with Gasteiger partial charge in [0.05, 0.1) is 25.3 Å². The molecule has 0 spiro atoms. The second-order valence-electron chi connectivity index (χ2n) is 10.7. The van der Waals surface area contributed by atoms with Crippen LogP contribution in [0, 0.1) is 13.8 Å². The number of aryl methyl sites for hydroxylation is 2. The van der Waals surface area contributed by atoms with Crippen molar-refractivity contribution in [2.24, 2.45) is 5.73 Å². The zero-order chi connectivity index (χ0) is 24.0. The van der Waals surface area contributed by atoms with Crippen LogP contribution in [0.5, 0.6) is 0 Å². The van der Waals surface area contributed by atoms with Crippen LogP contribution in [0.2, 0.25) is 0 Å². The van der Waals surface area contributed by atoms with Crippen LogP contribution in [0.4, 0.5) is 0 Å². The third-order valence-electron chi connectivity index (χ3n) is 8.36. The van der Waals surface area contributed by atoms with Gasteiger partial charge in [0, 0.05) is 29.4 Å². The molecule has 0 radical (unpaired) electrons. The quantitative estimate of drug-likeness (QED) is 0.307. The lowest BCUT2D eigenvalue weighted by atomic mass is 9.92. The highest BCUT2D eigenvalue weighted by Gasteiger charge is 2.47. The van der Waals surface area contributed by atoms with E-state index in [0.717, 1.165) is 34.9 Å². The van der Waals surface area contributed by atoms with E-state index in [-0.39, 0.29) is 5.41 Å². The van der Waals surface area contributed by atoms with Gasteiger partial charge >= 0.3 is 0 Å². The van der Waals surface area contributed by atoms with Crippen molar-refractivity contribution in [3.63, 3.8) is 0 Å². The molecule has 4 nitrogen and oxygen atoms in total. The maximum absolute atomic E-state index is 5.83. The van der Waals surface area contributed by atoms with E-state index < -0.39 is 0 Å². The van der Waals surface area contributed by atoms with E-state index in [4.69, 9.17) is 15.7 Å². The van der Waals surface area contributed by atoms with Crippen molar-refractivity contribution < 1.29 is 4.48 Å². The molecule has 6 rings (SSSR count). The number of quaternary nitrogens is 1. The number of hydrogen-bond donors (Lipinski definition) is 1. The Bertz CT molecular complexity index is 1340. The van der Waals surface area contributed by atoms with Gasteiger partial charge in [-0.15, -0.1) is 0 Å². The van der Waals surface area contributed by atoms with Crippen molar-refractivity contribution in [1.82, 2.24) is 9.97 Å². The molecule has 35 heavy (non-hydrogen) atoms.